The predicted octanol–water partition coefficient (Wildman–Crippen LogP) is 3.85. The molecule has 20 heavy (non-hydrogen) atoms. The molecule has 5 heteroatoms. The molecule has 0 unspecified atom stereocenters. The third-order valence-electron chi connectivity index (χ3n) is 3.27. The molecule has 0 saturated carbocycles. The van der Waals surface area contributed by atoms with Crippen LogP contribution in [0.1, 0.15) is 23.1 Å². The van der Waals surface area contributed by atoms with E-state index in [1.54, 1.807) is 11.3 Å². The van der Waals surface area contributed by atoms with Gasteiger partial charge in [-0.25, -0.2) is 4.98 Å². The summed E-state index contributed by atoms with van der Waals surface area (Å²) in [4.78, 5) is 7.78. The number of nitrogens with one attached hydrogen (secondary N) is 1. The average Bonchev–Trinajstić information content (AvgIpc) is 2.83. The van der Waals surface area contributed by atoms with Crippen LogP contribution in [0.4, 0.5) is 5.69 Å². The maximum atomic E-state index is 6.35. The monoisotopic (exact) mass is 309 g/mol. The van der Waals surface area contributed by atoms with Crippen molar-refractivity contribution in [2.24, 2.45) is 0 Å². The Morgan fingerprint density at radius 2 is 2.20 bits per heavy atom. The van der Waals surface area contributed by atoms with Gasteiger partial charge in [0.25, 0.3) is 0 Å². The molecule has 0 amide bonds. The Hall–Kier alpha value is -1.10. The molecule has 1 N–H and O–H groups in total. The van der Waals surface area contributed by atoms with Crippen molar-refractivity contribution >= 4 is 28.6 Å². The zero-order chi connectivity index (χ0) is 14.5. The molecule has 0 saturated heterocycles. The largest absolute Gasteiger partial charge is 0.369 e. The minimum atomic E-state index is 0.813. The molecule has 1 heterocycles. The summed E-state index contributed by atoms with van der Waals surface area (Å²) < 4.78 is 0. The first-order valence-corrected chi connectivity index (χ1v) is 7.96. The topological polar surface area (TPSA) is 28.2 Å². The summed E-state index contributed by atoms with van der Waals surface area (Å²) in [6, 6.07) is 6.25. The Labute approximate surface area is 129 Å². The van der Waals surface area contributed by atoms with Crippen LogP contribution in [0.5, 0.6) is 0 Å². The van der Waals surface area contributed by atoms with Crippen LogP contribution < -0.4 is 10.2 Å². The molecule has 1 aromatic carbocycles. The molecular formula is C15H20ClN3S. The van der Waals surface area contributed by atoms with E-state index in [0.29, 0.717) is 0 Å². The second kappa shape index (κ2) is 7.07. The first kappa shape index (κ1) is 15.3. The first-order chi connectivity index (χ1) is 9.61. The highest BCUT2D eigenvalue weighted by Crippen LogP contribution is 2.25. The molecule has 1 aromatic heterocycles. The summed E-state index contributed by atoms with van der Waals surface area (Å²) in [5, 5.41) is 4.11. The zero-order valence-electron chi connectivity index (χ0n) is 12.1. The average molecular weight is 310 g/mol. The van der Waals surface area contributed by atoms with E-state index in [-0.39, 0.29) is 0 Å². The van der Waals surface area contributed by atoms with E-state index in [1.165, 1.54) is 4.88 Å². The highest BCUT2D eigenvalue weighted by molar-refractivity contribution is 7.09. The molecule has 0 spiro atoms. The van der Waals surface area contributed by atoms with Crippen molar-refractivity contribution < 1.29 is 0 Å². The van der Waals surface area contributed by atoms with Crippen molar-refractivity contribution in [3.8, 4) is 0 Å². The minimum Gasteiger partial charge on any atom is -0.369 e. The van der Waals surface area contributed by atoms with Crippen molar-refractivity contribution in [2.75, 3.05) is 18.5 Å². The lowest BCUT2D eigenvalue weighted by Gasteiger charge is -2.20. The molecule has 0 bridgehead atoms. The molecule has 0 aliphatic heterocycles. The molecule has 2 aromatic rings. The Morgan fingerprint density at radius 1 is 1.40 bits per heavy atom. The molecule has 0 aliphatic carbocycles. The van der Waals surface area contributed by atoms with Gasteiger partial charge in [-0.2, -0.15) is 0 Å². The molecule has 0 radical (unpaired) electrons. The number of aromatic nitrogens is 1. The number of rotatable bonds is 6. The second-order valence-corrected chi connectivity index (χ2v) is 6.12. The molecule has 2 rings (SSSR count). The highest BCUT2D eigenvalue weighted by atomic mass is 35.5. The van der Waals surface area contributed by atoms with Gasteiger partial charge < -0.3 is 10.2 Å². The molecule has 0 aliphatic rings. The fourth-order valence-electron chi connectivity index (χ4n) is 1.96. The number of benzene rings is 1. The van der Waals surface area contributed by atoms with Gasteiger partial charge >= 0.3 is 0 Å². The van der Waals surface area contributed by atoms with Gasteiger partial charge in [-0.1, -0.05) is 24.6 Å². The van der Waals surface area contributed by atoms with E-state index in [4.69, 9.17) is 11.6 Å². The third kappa shape index (κ3) is 3.72. The van der Waals surface area contributed by atoms with Gasteiger partial charge in [0, 0.05) is 29.2 Å². The van der Waals surface area contributed by atoms with Crippen LogP contribution in [0.15, 0.2) is 23.7 Å². The summed E-state index contributed by atoms with van der Waals surface area (Å²) in [7, 11) is 2.08. The van der Waals surface area contributed by atoms with Crippen molar-refractivity contribution in [1.82, 2.24) is 10.3 Å². The van der Waals surface area contributed by atoms with Crippen molar-refractivity contribution in [1.29, 1.82) is 0 Å². The zero-order valence-corrected chi connectivity index (χ0v) is 13.7. The van der Waals surface area contributed by atoms with Crippen LogP contribution in [-0.4, -0.2) is 18.6 Å². The lowest BCUT2D eigenvalue weighted by molar-refractivity contribution is 0.727. The van der Waals surface area contributed by atoms with Gasteiger partial charge in [0.2, 0.25) is 0 Å². The van der Waals surface area contributed by atoms with Crippen LogP contribution in [0, 0.1) is 6.92 Å². The lowest BCUT2D eigenvalue weighted by Crippen LogP contribution is -2.17. The van der Waals surface area contributed by atoms with Gasteiger partial charge in [-0.3, -0.25) is 0 Å². The van der Waals surface area contributed by atoms with Crippen molar-refractivity contribution in [3.63, 3.8) is 0 Å². The molecule has 108 valence electrons. The van der Waals surface area contributed by atoms with Crippen LogP contribution >= 0.6 is 22.9 Å². The van der Waals surface area contributed by atoms with E-state index in [2.05, 4.69) is 41.3 Å². The SMILES string of the molecule is CCNCc1ccc(N(C)Cc2scnc2C)cc1Cl. The van der Waals surface area contributed by atoms with E-state index >= 15 is 0 Å². The number of aryl methyl sites for hydroxylation is 1. The fraction of sp³-hybridized carbons (Fsp3) is 0.400. The Balaban J connectivity index is 2.08. The molecular weight excluding hydrogens is 290 g/mol. The number of thiazole rings is 1. The highest BCUT2D eigenvalue weighted by Gasteiger charge is 2.08. The number of hydrogen-bond donors (Lipinski definition) is 1. The second-order valence-electron chi connectivity index (χ2n) is 4.77. The summed E-state index contributed by atoms with van der Waals surface area (Å²) in [6.07, 6.45) is 0. The lowest BCUT2D eigenvalue weighted by atomic mass is 10.2. The van der Waals surface area contributed by atoms with Crippen molar-refractivity contribution in [2.45, 2.75) is 26.9 Å². The van der Waals surface area contributed by atoms with Gasteiger partial charge in [-0.05, 0) is 31.2 Å². The summed E-state index contributed by atoms with van der Waals surface area (Å²) in [6.45, 7) is 6.76. The summed E-state index contributed by atoms with van der Waals surface area (Å²) in [5.74, 6) is 0. The minimum absolute atomic E-state index is 0.813. The van der Waals surface area contributed by atoms with Crippen molar-refractivity contribution in [3.05, 3.63) is 44.9 Å². The first-order valence-electron chi connectivity index (χ1n) is 6.71. The standard InChI is InChI=1S/C15H20ClN3S/c1-4-17-8-12-5-6-13(7-14(12)16)19(3)9-15-11(2)18-10-20-15/h5-7,10,17H,4,8-9H2,1-3H3. The van der Waals surface area contributed by atoms with Crippen LogP contribution in [0.2, 0.25) is 5.02 Å². The Morgan fingerprint density at radius 3 is 2.80 bits per heavy atom. The third-order valence-corrected chi connectivity index (χ3v) is 4.54. The molecule has 0 atom stereocenters. The van der Waals surface area contributed by atoms with E-state index in [0.717, 1.165) is 41.6 Å². The summed E-state index contributed by atoms with van der Waals surface area (Å²) in [5.41, 5.74) is 5.27. The van der Waals surface area contributed by atoms with Crippen LogP contribution in [-0.2, 0) is 13.1 Å². The van der Waals surface area contributed by atoms with Gasteiger partial charge in [-0.15, -0.1) is 11.3 Å². The molecule has 3 nitrogen and oxygen atoms in total. The van der Waals surface area contributed by atoms with Gasteiger partial charge in [0.15, 0.2) is 0 Å². The predicted molar refractivity (Wildman–Crippen MR) is 87.8 cm³/mol. The maximum Gasteiger partial charge on any atom is 0.0798 e. The summed E-state index contributed by atoms with van der Waals surface area (Å²) >= 11 is 8.04. The Kier molecular flexibility index (Phi) is 5.40. The van der Waals surface area contributed by atoms with E-state index < -0.39 is 0 Å². The maximum absolute atomic E-state index is 6.35. The van der Waals surface area contributed by atoms with Gasteiger partial charge in [0.1, 0.15) is 0 Å². The van der Waals surface area contributed by atoms with Crippen LogP contribution in [0.25, 0.3) is 0 Å². The number of hydrogen-bond acceptors (Lipinski definition) is 4. The normalized spacial score (nSPS) is 10.8. The number of anilines is 1. The quantitative estimate of drug-likeness (QED) is 0.878. The van der Waals surface area contributed by atoms with E-state index in [9.17, 15) is 0 Å². The number of halogens is 1. The smallest absolute Gasteiger partial charge is 0.0798 e. The Bertz CT molecular complexity index is 568. The number of nitrogens with zero attached hydrogens (tertiary/aromatic N) is 2. The van der Waals surface area contributed by atoms with Gasteiger partial charge in [0.05, 0.1) is 17.7 Å². The van der Waals surface area contributed by atoms with Crippen LogP contribution in [0.3, 0.4) is 0 Å². The molecule has 0 fully saturated rings. The fourth-order valence-corrected chi connectivity index (χ4v) is 3.03. The van der Waals surface area contributed by atoms with E-state index in [1.807, 2.05) is 18.5 Å².